The van der Waals surface area contributed by atoms with Gasteiger partial charge in [-0.25, -0.2) is 0 Å². The third-order valence-electron chi connectivity index (χ3n) is 3.16. The monoisotopic (exact) mass is 251 g/mol. The number of para-hydroxylation sites is 1. The quantitative estimate of drug-likeness (QED) is 0.697. The van der Waals surface area contributed by atoms with Gasteiger partial charge in [-0.3, -0.25) is 0 Å². The van der Waals surface area contributed by atoms with Crippen LogP contribution in [0.5, 0.6) is 5.75 Å². The highest BCUT2D eigenvalue weighted by Crippen LogP contribution is 2.22. The van der Waals surface area contributed by atoms with Crippen molar-refractivity contribution in [1.29, 1.82) is 0 Å². The van der Waals surface area contributed by atoms with E-state index in [1.165, 1.54) is 0 Å². The smallest absolute Gasteiger partial charge is 0.122 e. The van der Waals surface area contributed by atoms with Gasteiger partial charge in [0, 0.05) is 6.61 Å². The first-order chi connectivity index (χ1) is 8.59. The van der Waals surface area contributed by atoms with Crippen LogP contribution in [0.25, 0.3) is 0 Å². The molecule has 0 aliphatic heterocycles. The Morgan fingerprint density at radius 3 is 2.67 bits per heavy atom. The van der Waals surface area contributed by atoms with E-state index in [4.69, 9.17) is 15.6 Å². The summed E-state index contributed by atoms with van der Waals surface area (Å²) in [4.78, 5) is 0. The van der Waals surface area contributed by atoms with Crippen molar-refractivity contribution >= 4 is 0 Å². The normalized spacial score (nSPS) is 11.6. The van der Waals surface area contributed by atoms with Crippen LogP contribution in [-0.4, -0.2) is 24.9 Å². The maximum atomic E-state index is 8.98. The molecule has 0 fully saturated rings. The molecule has 1 aromatic rings. The summed E-state index contributed by atoms with van der Waals surface area (Å²) < 4.78 is 5.78. The molecule has 0 heterocycles. The van der Waals surface area contributed by atoms with E-state index in [1.807, 2.05) is 24.3 Å². The van der Waals surface area contributed by atoms with Gasteiger partial charge in [-0.2, -0.15) is 0 Å². The molecule has 3 heteroatoms. The third-order valence-corrected chi connectivity index (χ3v) is 3.16. The fourth-order valence-electron chi connectivity index (χ4n) is 1.81. The zero-order valence-electron chi connectivity index (χ0n) is 11.5. The second-order valence-electron chi connectivity index (χ2n) is 5.40. The molecule has 0 radical (unpaired) electrons. The molecule has 0 aliphatic rings. The minimum Gasteiger partial charge on any atom is -0.493 e. The number of ether oxygens (including phenoxy) is 1. The van der Waals surface area contributed by atoms with E-state index < -0.39 is 0 Å². The van der Waals surface area contributed by atoms with Crippen LogP contribution >= 0.6 is 0 Å². The molecule has 0 aliphatic carbocycles. The Morgan fingerprint density at radius 2 is 2.00 bits per heavy atom. The second-order valence-corrected chi connectivity index (χ2v) is 5.40. The van der Waals surface area contributed by atoms with Crippen LogP contribution in [0, 0.1) is 5.41 Å². The Labute approximate surface area is 110 Å². The number of nitrogens with two attached hydrogens (primary N) is 1. The number of hydrogen-bond donors (Lipinski definition) is 2. The highest BCUT2D eigenvalue weighted by Gasteiger charge is 2.14. The van der Waals surface area contributed by atoms with Gasteiger partial charge in [0.2, 0.25) is 0 Å². The molecule has 0 aromatic heterocycles. The molecule has 102 valence electrons. The number of aliphatic hydroxyl groups excluding tert-OH is 1. The van der Waals surface area contributed by atoms with Gasteiger partial charge >= 0.3 is 0 Å². The minimum atomic E-state index is 0.153. The molecule has 0 atom stereocenters. The van der Waals surface area contributed by atoms with E-state index in [9.17, 15) is 0 Å². The summed E-state index contributed by atoms with van der Waals surface area (Å²) in [6.07, 6.45) is 2.70. The van der Waals surface area contributed by atoms with Crippen molar-refractivity contribution in [2.45, 2.75) is 33.1 Å². The molecule has 1 aromatic carbocycles. The molecule has 0 saturated heterocycles. The molecule has 0 unspecified atom stereocenters. The van der Waals surface area contributed by atoms with Gasteiger partial charge in [-0.15, -0.1) is 0 Å². The predicted octanol–water partition coefficient (Wildman–Crippen LogP) is 2.37. The molecular weight excluding hydrogens is 226 g/mol. The average Bonchev–Trinajstić information content (AvgIpc) is 2.37. The van der Waals surface area contributed by atoms with E-state index >= 15 is 0 Å². The van der Waals surface area contributed by atoms with Crippen molar-refractivity contribution in [1.82, 2.24) is 0 Å². The van der Waals surface area contributed by atoms with Crippen LogP contribution in [0.15, 0.2) is 24.3 Å². The maximum absolute atomic E-state index is 8.98. The molecule has 3 N–H and O–H groups in total. The molecule has 18 heavy (non-hydrogen) atoms. The highest BCUT2D eigenvalue weighted by molar-refractivity contribution is 5.33. The van der Waals surface area contributed by atoms with E-state index in [2.05, 4.69) is 13.8 Å². The number of aliphatic hydroxyl groups is 1. The van der Waals surface area contributed by atoms with Gasteiger partial charge in [0.05, 0.1) is 6.61 Å². The van der Waals surface area contributed by atoms with E-state index in [1.54, 1.807) is 0 Å². The van der Waals surface area contributed by atoms with Gasteiger partial charge in [-0.05, 0) is 42.9 Å². The molecule has 0 saturated carbocycles. The second kappa shape index (κ2) is 7.39. The predicted molar refractivity (Wildman–Crippen MR) is 74.8 cm³/mol. The van der Waals surface area contributed by atoms with Crippen molar-refractivity contribution in [3.8, 4) is 5.75 Å². The lowest BCUT2D eigenvalue weighted by atomic mass is 9.88. The van der Waals surface area contributed by atoms with Crippen LogP contribution in [0.4, 0.5) is 0 Å². The van der Waals surface area contributed by atoms with E-state index in [0.29, 0.717) is 19.6 Å². The Kier molecular flexibility index (Phi) is 6.16. The fraction of sp³-hybridized carbons (Fsp3) is 0.600. The summed E-state index contributed by atoms with van der Waals surface area (Å²) in [6.45, 7) is 5.90. The maximum Gasteiger partial charge on any atom is 0.122 e. The lowest BCUT2D eigenvalue weighted by molar-refractivity contribution is 0.256. The lowest BCUT2D eigenvalue weighted by Gasteiger charge is -2.22. The molecule has 0 bridgehead atoms. The van der Waals surface area contributed by atoms with Crippen LogP contribution in [0.1, 0.15) is 32.3 Å². The lowest BCUT2D eigenvalue weighted by Crippen LogP contribution is -2.24. The largest absolute Gasteiger partial charge is 0.493 e. The van der Waals surface area contributed by atoms with Crippen LogP contribution in [0.2, 0.25) is 0 Å². The first kappa shape index (κ1) is 15.0. The minimum absolute atomic E-state index is 0.153. The van der Waals surface area contributed by atoms with Gasteiger partial charge in [0.25, 0.3) is 0 Å². The third kappa shape index (κ3) is 5.07. The van der Waals surface area contributed by atoms with Crippen molar-refractivity contribution < 1.29 is 9.84 Å². The summed E-state index contributed by atoms with van der Waals surface area (Å²) in [6, 6.07) is 7.88. The molecule has 1 rings (SSSR count). The number of rotatable bonds is 8. The van der Waals surface area contributed by atoms with E-state index in [-0.39, 0.29) is 12.0 Å². The highest BCUT2D eigenvalue weighted by atomic mass is 16.5. The van der Waals surface area contributed by atoms with Crippen LogP contribution < -0.4 is 10.5 Å². The average molecular weight is 251 g/mol. The summed E-state index contributed by atoms with van der Waals surface area (Å²) in [7, 11) is 0. The summed E-state index contributed by atoms with van der Waals surface area (Å²) in [5.74, 6) is 0.886. The summed E-state index contributed by atoms with van der Waals surface area (Å²) >= 11 is 0. The number of hydrogen-bond acceptors (Lipinski definition) is 3. The van der Waals surface area contributed by atoms with Gasteiger partial charge in [-0.1, -0.05) is 32.0 Å². The van der Waals surface area contributed by atoms with Gasteiger partial charge in [0.15, 0.2) is 0 Å². The SMILES string of the molecule is CC(C)(CN)CCCOc1ccccc1CCO. The Hall–Kier alpha value is -1.06. The van der Waals surface area contributed by atoms with Crippen molar-refractivity contribution in [3.63, 3.8) is 0 Å². The summed E-state index contributed by atoms with van der Waals surface area (Å²) in [5.41, 5.74) is 6.95. The first-order valence-corrected chi connectivity index (χ1v) is 6.61. The molecule has 0 spiro atoms. The first-order valence-electron chi connectivity index (χ1n) is 6.61. The zero-order chi connectivity index (χ0) is 13.4. The number of benzene rings is 1. The van der Waals surface area contributed by atoms with Crippen molar-refractivity contribution in [2.75, 3.05) is 19.8 Å². The van der Waals surface area contributed by atoms with Crippen molar-refractivity contribution in [3.05, 3.63) is 29.8 Å². The molecule has 0 amide bonds. The fourth-order valence-corrected chi connectivity index (χ4v) is 1.81. The Bertz CT molecular complexity index is 350. The van der Waals surface area contributed by atoms with Gasteiger partial charge in [0.1, 0.15) is 5.75 Å². The summed E-state index contributed by atoms with van der Waals surface area (Å²) in [5, 5.41) is 8.98. The van der Waals surface area contributed by atoms with Crippen LogP contribution in [0.3, 0.4) is 0 Å². The standard InChI is InChI=1S/C15H25NO2/c1-15(2,12-16)9-5-11-18-14-7-4-3-6-13(14)8-10-17/h3-4,6-7,17H,5,8-12,16H2,1-2H3. The van der Waals surface area contributed by atoms with Crippen LogP contribution in [-0.2, 0) is 6.42 Å². The topological polar surface area (TPSA) is 55.5 Å². The van der Waals surface area contributed by atoms with E-state index in [0.717, 1.165) is 24.2 Å². The van der Waals surface area contributed by atoms with Gasteiger partial charge < -0.3 is 15.6 Å². The Morgan fingerprint density at radius 1 is 1.28 bits per heavy atom. The molecular formula is C15H25NO2. The van der Waals surface area contributed by atoms with Crippen molar-refractivity contribution in [2.24, 2.45) is 11.1 Å². The Balaban J connectivity index is 2.39. The zero-order valence-corrected chi connectivity index (χ0v) is 11.5. The molecule has 3 nitrogen and oxygen atoms in total.